The van der Waals surface area contributed by atoms with Crippen LogP contribution in [0.4, 0.5) is 0 Å². The number of piperazine rings is 1. The van der Waals surface area contributed by atoms with E-state index in [0.717, 1.165) is 44.8 Å². The lowest BCUT2D eigenvalue weighted by atomic mass is 10.2. The second-order valence-corrected chi connectivity index (χ2v) is 6.52. The summed E-state index contributed by atoms with van der Waals surface area (Å²) in [5.74, 6) is 0.0522. The molecule has 0 saturated carbocycles. The number of hydrogen-bond acceptors (Lipinski definition) is 4. The van der Waals surface area contributed by atoms with E-state index in [4.69, 9.17) is 11.6 Å². The lowest BCUT2D eigenvalue weighted by Gasteiger charge is -2.35. The van der Waals surface area contributed by atoms with Crippen molar-refractivity contribution in [3.8, 4) is 0 Å². The number of aliphatic hydroxyl groups is 1. The van der Waals surface area contributed by atoms with Gasteiger partial charge in [0.2, 0.25) is 5.91 Å². The summed E-state index contributed by atoms with van der Waals surface area (Å²) in [4.78, 5) is 16.5. The number of nitrogens with zero attached hydrogens (tertiary/aromatic N) is 2. The fraction of sp³-hybridized carbons (Fsp3) is 0.588. The van der Waals surface area contributed by atoms with Gasteiger partial charge < -0.3 is 15.3 Å². The first kappa shape index (κ1) is 18.2. The number of carbonyl (C=O) groups is 1. The highest BCUT2D eigenvalue weighted by Gasteiger charge is 2.18. The van der Waals surface area contributed by atoms with E-state index in [9.17, 15) is 9.90 Å². The van der Waals surface area contributed by atoms with Gasteiger partial charge in [-0.15, -0.1) is 0 Å². The lowest BCUT2D eigenvalue weighted by molar-refractivity contribution is -0.121. The van der Waals surface area contributed by atoms with Crippen LogP contribution >= 0.6 is 11.6 Å². The Hall–Kier alpha value is -1.14. The van der Waals surface area contributed by atoms with E-state index >= 15 is 0 Å². The average molecular weight is 340 g/mol. The molecule has 0 aliphatic carbocycles. The first-order chi connectivity index (χ1) is 11.0. The summed E-state index contributed by atoms with van der Waals surface area (Å²) in [5.41, 5.74) is 0.939. The van der Waals surface area contributed by atoms with Crippen molar-refractivity contribution in [3.05, 3.63) is 34.9 Å². The quantitative estimate of drug-likeness (QED) is 0.787. The van der Waals surface area contributed by atoms with Crippen molar-refractivity contribution in [1.82, 2.24) is 15.1 Å². The maximum atomic E-state index is 12.0. The van der Waals surface area contributed by atoms with E-state index in [1.807, 2.05) is 31.2 Å². The minimum atomic E-state index is -0.280. The first-order valence-corrected chi connectivity index (χ1v) is 8.55. The first-order valence-electron chi connectivity index (χ1n) is 8.17. The van der Waals surface area contributed by atoms with Crippen LogP contribution < -0.4 is 5.32 Å². The molecule has 0 spiro atoms. The summed E-state index contributed by atoms with van der Waals surface area (Å²) in [6, 6.07) is 7.55. The van der Waals surface area contributed by atoms with Gasteiger partial charge in [0.25, 0.3) is 0 Å². The summed E-state index contributed by atoms with van der Waals surface area (Å²) in [7, 11) is 0. The molecule has 0 bridgehead atoms. The van der Waals surface area contributed by atoms with Crippen molar-refractivity contribution in [2.75, 3.05) is 39.3 Å². The Kier molecular flexibility index (Phi) is 7.30. The SMILES string of the molecule is CC(O)CN1CCN(CCC(=O)NCc2ccccc2Cl)CC1. The Balaban J connectivity index is 1.63. The molecule has 1 heterocycles. The highest BCUT2D eigenvalue weighted by Crippen LogP contribution is 2.14. The third kappa shape index (κ3) is 6.47. The van der Waals surface area contributed by atoms with Gasteiger partial charge in [0, 0.05) is 57.3 Å². The van der Waals surface area contributed by atoms with Crippen molar-refractivity contribution < 1.29 is 9.90 Å². The monoisotopic (exact) mass is 339 g/mol. The largest absolute Gasteiger partial charge is 0.392 e. The van der Waals surface area contributed by atoms with E-state index in [-0.39, 0.29) is 12.0 Å². The standard InChI is InChI=1S/C17H26ClN3O2/c1-14(22)13-21-10-8-20(9-11-21)7-6-17(23)19-12-15-4-2-3-5-16(15)18/h2-5,14,22H,6-13H2,1H3,(H,19,23). The molecule has 1 aliphatic heterocycles. The van der Waals surface area contributed by atoms with Crippen LogP contribution in [0.2, 0.25) is 5.02 Å². The Labute approximate surface area is 143 Å². The van der Waals surface area contributed by atoms with Gasteiger partial charge in [0.05, 0.1) is 6.10 Å². The van der Waals surface area contributed by atoms with E-state index < -0.39 is 0 Å². The van der Waals surface area contributed by atoms with Crippen LogP contribution in [-0.4, -0.2) is 66.2 Å². The number of nitrogens with one attached hydrogen (secondary N) is 1. The number of hydrogen-bond donors (Lipinski definition) is 2. The Morgan fingerprint density at radius 1 is 1.26 bits per heavy atom. The van der Waals surface area contributed by atoms with Gasteiger partial charge in [0.15, 0.2) is 0 Å². The van der Waals surface area contributed by atoms with Crippen molar-refractivity contribution in [3.63, 3.8) is 0 Å². The smallest absolute Gasteiger partial charge is 0.221 e. The number of benzene rings is 1. The molecule has 2 rings (SSSR count). The van der Waals surface area contributed by atoms with E-state index in [1.54, 1.807) is 0 Å². The van der Waals surface area contributed by atoms with E-state index in [2.05, 4.69) is 15.1 Å². The second-order valence-electron chi connectivity index (χ2n) is 6.11. The lowest BCUT2D eigenvalue weighted by Crippen LogP contribution is -2.48. The minimum absolute atomic E-state index is 0.0522. The maximum absolute atomic E-state index is 12.0. The maximum Gasteiger partial charge on any atom is 0.221 e. The number of amides is 1. The normalized spacial score (nSPS) is 17.9. The van der Waals surface area contributed by atoms with Crippen LogP contribution in [0.5, 0.6) is 0 Å². The van der Waals surface area contributed by atoms with Crippen molar-refractivity contribution in [1.29, 1.82) is 0 Å². The zero-order valence-corrected chi connectivity index (χ0v) is 14.4. The molecule has 1 atom stereocenters. The van der Waals surface area contributed by atoms with Crippen molar-refractivity contribution >= 4 is 17.5 Å². The van der Waals surface area contributed by atoms with Gasteiger partial charge in [-0.25, -0.2) is 0 Å². The van der Waals surface area contributed by atoms with Gasteiger partial charge in [-0.1, -0.05) is 29.8 Å². The number of rotatable bonds is 7. The highest BCUT2D eigenvalue weighted by molar-refractivity contribution is 6.31. The molecule has 0 radical (unpaired) electrons. The molecule has 23 heavy (non-hydrogen) atoms. The van der Waals surface area contributed by atoms with Crippen LogP contribution in [0.25, 0.3) is 0 Å². The molecular weight excluding hydrogens is 314 g/mol. The molecular formula is C17H26ClN3O2. The van der Waals surface area contributed by atoms with Crippen LogP contribution in [0.3, 0.4) is 0 Å². The summed E-state index contributed by atoms with van der Waals surface area (Å²) in [5, 5.41) is 13.0. The molecule has 1 aliphatic rings. The molecule has 1 amide bonds. The van der Waals surface area contributed by atoms with Gasteiger partial charge in [-0.05, 0) is 18.6 Å². The molecule has 1 aromatic carbocycles. The van der Waals surface area contributed by atoms with E-state index in [1.165, 1.54) is 0 Å². The van der Waals surface area contributed by atoms with E-state index in [0.29, 0.717) is 18.0 Å². The van der Waals surface area contributed by atoms with Gasteiger partial charge in [-0.3, -0.25) is 9.69 Å². The van der Waals surface area contributed by atoms with Gasteiger partial charge >= 0.3 is 0 Å². The third-order valence-corrected chi connectivity index (χ3v) is 4.45. The summed E-state index contributed by atoms with van der Waals surface area (Å²) < 4.78 is 0. The number of β-amino-alcohol motifs (C(OH)–C–C–N with tert-alkyl or cyclic N) is 1. The Bertz CT molecular complexity index is 502. The molecule has 0 aromatic heterocycles. The van der Waals surface area contributed by atoms with Gasteiger partial charge in [0.1, 0.15) is 0 Å². The molecule has 128 valence electrons. The summed E-state index contributed by atoms with van der Waals surface area (Å²) >= 11 is 6.07. The number of halogens is 1. The predicted molar refractivity (Wildman–Crippen MR) is 92.5 cm³/mol. The molecule has 2 N–H and O–H groups in total. The Morgan fingerprint density at radius 3 is 2.57 bits per heavy atom. The van der Waals surface area contributed by atoms with Crippen molar-refractivity contribution in [2.45, 2.75) is 26.0 Å². The fourth-order valence-corrected chi connectivity index (χ4v) is 2.96. The number of aliphatic hydroxyl groups excluding tert-OH is 1. The van der Waals surface area contributed by atoms with Crippen LogP contribution in [0, 0.1) is 0 Å². The van der Waals surface area contributed by atoms with Crippen LogP contribution in [0.1, 0.15) is 18.9 Å². The molecule has 1 saturated heterocycles. The molecule has 1 unspecified atom stereocenters. The van der Waals surface area contributed by atoms with Crippen LogP contribution in [-0.2, 0) is 11.3 Å². The summed E-state index contributed by atoms with van der Waals surface area (Å²) in [6.45, 7) is 7.59. The van der Waals surface area contributed by atoms with Gasteiger partial charge in [-0.2, -0.15) is 0 Å². The zero-order chi connectivity index (χ0) is 16.7. The topological polar surface area (TPSA) is 55.8 Å². The third-order valence-electron chi connectivity index (χ3n) is 4.08. The minimum Gasteiger partial charge on any atom is -0.392 e. The predicted octanol–water partition coefficient (Wildman–Crippen LogP) is 1.34. The number of carbonyl (C=O) groups excluding carboxylic acids is 1. The molecule has 1 aromatic rings. The molecule has 1 fully saturated rings. The Morgan fingerprint density at radius 2 is 1.91 bits per heavy atom. The fourth-order valence-electron chi connectivity index (χ4n) is 2.75. The second kappa shape index (κ2) is 9.23. The average Bonchev–Trinajstić information content (AvgIpc) is 2.53. The molecule has 5 nitrogen and oxygen atoms in total. The summed E-state index contributed by atoms with van der Waals surface area (Å²) in [6.07, 6.45) is 0.220. The highest BCUT2D eigenvalue weighted by atomic mass is 35.5. The molecule has 6 heteroatoms. The van der Waals surface area contributed by atoms with Crippen LogP contribution in [0.15, 0.2) is 24.3 Å². The van der Waals surface area contributed by atoms with Crippen molar-refractivity contribution in [2.24, 2.45) is 0 Å². The zero-order valence-electron chi connectivity index (χ0n) is 13.7.